The first-order chi connectivity index (χ1) is 16.5. The summed E-state index contributed by atoms with van der Waals surface area (Å²) in [6.07, 6.45) is 4.98. The van der Waals surface area contributed by atoms with Gasteiger partial charge in [-0.2, -0.15) is 5.10 Å². The molecule has 0 saturated heterocycles. The van der Waals surface area contributed by atoms with E-state index in [-0.39, 0.29) is 11.8 Å². The number of H-pyrrole nitrogens is 1. The zero-order valence-electron chi connectivity index (χ0n) is 19.4. The summed E-state index contributed by atoms with van der Waals surface area (Å²) in [5.41, 5.74) is 5.69. The Labute approximate surface area is 202 Å². The lowest BCUT2D eigenvalue weighted by Crippen LogP contribution is -2.21. The minimum absolute atomic E-state index is 0.0819. The standard InChI is InChI=1S/C27H26N4O2S/c1-31(2)14-19-10-16(15-34-19)4-8-23-20-7-5-17(11-25(20)30-29-23)22-13-27(22)21-12-18(33-3)6-9-24(21)28-26(27)32/h4-12,15,22H,13-14H2,1-3H3,(H,28,32)(H,29,30)/b8-4+/t22-,27?/m0/s1. The van der Waals surface area contributed by atoms with Gasteiger partial charge < -0.3 is 15.0 Å². The lowest BCUT2D eigenvalue weighted by atomic mass is 9.91. The van der Waals surface area contributed by atoms with E-state index in [0.29, 0.717) is 0 Å². The van der Waals surface area contributed by atoms with Crippen LogP contribution in [-0.4, -0.2) is 42.2 Å². The number of hydrogen-bond donors (Lipinski definition) is 2. The van der Waals surface area contributed by atoms with E-state index in [4.69, 9.17) is 4.74 Å². The molecule has 2 aliphatic rings. The average molecular weight is 471 g/mol. The van der Waals surface area contributed by atoms with E-state index >= 15 is 0 Å². The number of carbonyl (C=O) groups is 1. The summed E-state index contributed by atoms with van der Waals surface area (Å²) in [5.74, 6) is 1.01. The van der Waals surface area contributed by atoms with Crippen molar-refractivity contribution in [3.05, 3.63) is 75.1 Å². The molecule has 34 heavy (non-hydrogen) atoms. The van der Waals surface area contributed by atoms with Crippen LogP contribution in [0.2, 0.25) is 0 Å². The van der Waals surface area contributed by atoms with Gasteiger partial charge in [-0.3, -0.25) is 9.89 Å². The van der Waals surface area contributed by atoms with Crippen molar-refractivity contribution < 1.29 is 9.53 Å². The maximum absolute atomic E-state index is 13.0. The molecule has 1 amide bonds. The number of methoxy groups -OCH3 is 1. The Balaban J connectivity index is 1.26. The number of amides is 1. The molecule has 2 aromatic carbocycles. The Morgan fingerprint density at radius 3 is 2.91 bits per heavy atom. The number of nitrogens with one attached hydrogen (secondary N) is 2. The molecule has 2 aromatic heterocycles. The molecule has 1 aliphatic heterocycles. The fourth-order valence-corrected chi connectivity index (χ4v) is 6.13. The van der Waals surface area contributed by atoms with E-state index in [2.05, 4.69) is 76.3 Å². The summed E-state index contributed by atoms with van der Waals surface area (Å²) in [7, 11) is 5.82. The number of hydrogen-bond acceptors (Lipinski definition) is 5. The molecule has 4 aromatic rings. The van der Waals surface area contributed by atoms with Gasteiger partial charge >= 0.3 is 0 Å². The van der Waals surface area contributed by atoms with Gasteiger partial charge in [-0.15, -0.1) is 11.3 Å². The Kier molecular flexibility index (Phi) is 4.86. The van der Waals surface area contributed by atoms with Crippen molar-refractivity contribution in [3.63, 3.8) is 0 Å². The van der Waals surface area contributed by atoms with E-state index in [0.717, 1.165) is 52.1 Å². The number of carbonyl (C=O) groups excluding carboxylic acids is 1. The summed E-state index contributed by atoms with van der Waals surface area (Å²) in [6.45, 7) is 0.949. The maximum Gasteiger partial charge on any atom is 0.235 e. The molecule has 0 radical (unpaired) electrons. The second-order valence-electron chi connectivity index (χ2n) is 9.43. The second-order valence-corrected chi connectivity index (χ2v) is 10.4. The zero-order chi connectivity index (χ0) is 23.4. The van der Waals surface area contributed by atoms with Gasteiger partial charge in [-0.25, -0.2) is 0 Å². The van der Waals surface area contributed by atoms with Crippen LogP contribution in [0.15, 0.2) is 47.8 Å². The molecule has 0 bridgehead atoms. The molecule has 6 nitrogen and oxygen atoms in total. The highest BCUT2D eigenvalue weighted by Crippen LogP contribution is 2.65. The molecule has 172 valence electrons. The number of aromatic nitrogens is 2. The van der Waals surface area contributed by atoms with E-state index in [1.807, 2.05) is 18.2 Å². The van der Waals surface area contributed by atoms with Crippen LogP contribution in [0.4, 0.5) is 5.69 Å². The summed E-state index contributed by atoms with van der Waals surface area (Å²) in [5, 5.41) is 14.0. The van der Waals surface area contributed by atoms with Gasteiger partial charge in [-0.1, -0.05) is 18.2 Å². The number of aromatic amines is 1. The molecule has 1 saturated carbocycles. The van der Waals surface area contributed by atoms with Crippen molar-refractivity contribution in [2.45, 2.75) is 24.3 Å². The normalized spacial score (nSPS) is 21.1. The summed E-state index contributed by atoms with van der Waals surface area (Å²) < 4.78 is 5.41. The van der Waals surface area contributed by atoms with E-state index in [1.165, 1.54) is 10.4 Å². The zero-order valence-corrected chi connectivity index (χ0v) is 20.2. The first-order valence-electron chi connectivity index (χ1n) is 11.4. The van der Waals surface area contributed by atoms with Gasteiger partial charge in [0.2, 0.25) is 5.91 Å². The fraction of sp³-hybridized carbons (Fsp3) is 0.259. The van der Waals surface area contributed by atoms with Crippen molar-refractivity contribution >= 4 is 46.0 Å². The SMILES string of the molecule is COc1ccc2c(c1)C1(C[C@H]1c1ccc3c(/C=C/c4csc(CN(C)C)c4)n[nH]c3c1)C(=O)N2. The molecular formula is C27H26N4O2S. The molecule has 1 unspecified atom stereocenters. The topological polar surface area (TPSA) is 70.2 Å². The third-order valence-corrected chi connectivity index (χ3v) is 7.86. The quantitative estimate of drug-likeness (QED) is 0.404. The predicted molar refractivity (Wildman–Crippen MR) is 137 cm³/mol. The van der Waals surface area contributed by atoms with E-state index in [9.17, 15) is 4.79 Å². The monoisotopic (exact) mass is 470 g/mol. The van der Waals surface area contributed by atoms with Crippen LogP contribution < -0.4 is 10.1 Å². The number of thiophene rings is 1. The molecule has 3 heterocycles. The van der Waals surface area contributed by atoms with Crippen molar-refractivity contribution in [3.8, 4) is 5.75 Å². The second kappa shape index (κ2) is 7.82. The van der Waals surface area contributed by atoms with Crippen LogP contribution in [-0.2, 0) is 16.8 Å². The number of anilines is 1. The predicted octanol–water partition coefficient (Wildman–Crippen LogP) is 5.24. The van der Waals surface area contributed by atoms with Crippen molar-refractivity contribution in [1.82, 2.24) is 15.1 Å². The first-order valence-corrected chi connectivity index (χ1v) is 12.2. The van der Waals surface area contributed by atoms with Crippen molar-refractivity contribution in [2.24, 2.45) is 0 Å². The van der Waals surface area contributed by atoms with E-state index in [1.54, 1.807) is 18.4 Å². The van der Waals surface area contributed by atoms with Gasteiger partial charge in [0.1, 0.15) is 5.75 Å². The molecule has 1 spiro atoms. The Bertz CT molecular complexity index is 1450. The Morgan fingerprint density at radius 2 is 2.09 bits per heavy atom. The highest BCUT2D eigenvalue weighted by atomic mass is 32.1. The average Bonchev–Trinajstić information content (AvgIpc) is 3.06. The third-order valence-electron chi connectivity index (χ3n) is 6.92. The lowest BCUT2D eigenvalue weighted by molar-refractivity contribution is -0.118. The molecule has 2 N–H and O–H groups in total. The van der Waals surface area contributed by atoms with Gasteiger partial charge in [0.05, 0.1) is 23.7 Å². The van der Waals surface area contributed by atoms with Gasteiger partial charge in [-0.05, 0) is 79.0 Å². The van der Waals surface area contributed by atoms with Crippen LogP contribution in [0.1, 0.15) is 39.6 Å². The first kappa shape index (κ1) is 21.1. The number of benzene rings is 2. The lowest BCUT2D eigenvalue weighted by Gasteiger charge is -2.10. The van der Waals surface area contributed by atoms with Crippen LogP contribution in [0.5, 0.6) is 5.75 Å². The van der Waals surface area contributed by atoms with Crippen LogP contribution in [0, 0.1) is 0 Å². The molecule has 2 atom stereocenters. The molecule has 1 aliphatic carbocycles. The minimum Gasteiger partial charge on any atom is -0.497 e. The number of fused-ring (bicyclic) bond motifs is 3. The Hall–Kier alpha value is -3.42. The smallest absolute Gasteiger partial charge is 0.235 e. The van der Waals surface area contributed by atoms with Gasteiger partial charge in [0.25, 0.3) is 0 Å². The van der Waals surface area contributed by atoms with Crippen LogP contribution in [0.25, 0.3) is 23.1 Å². The van der Waals surface area contributed by atoms with Crippen LogP contribution >= 0.6 is 11.3 Å². The van der Waals surface area contributed by atoms with E-state index < -0.39 is 5.41 Å². The highest BCUT2D eigenvalue weighted by Gasteiger charge is 2.65. The van der Waals surface area contributed by atoms with Crippen molar-refractivity contribution in [1.29, 1.82) is 0 Å². The minimum atomic E-state index is -0.497. The van der Waals surface area contributed by atoms with Gasteiger partial charge in [0.15, 0.2) is 0 Å². The maximum atomic E-state index is 13.0. The molecule has 6 rings (SSSR count). The summed E-state index contributed by atoms with van der Waals surface area (Å²) in [4.78, 5) is 16.5. The number of ether oxygens (including phenoxy) is 1. The van der Waals surface area contributed by atoms with Crippen LogP contribution in [0.3, 0.4) is 0 Å². The molecule has 1 fully saturated rings. The molecule has 7 heteroatoms. The third kappa shape index (κ3) is 3.35. The summed E-state index contributed by atoms with van der Waals surface area (Å²) >= 11 is 1.78. The van der Waals surface area contributed by atoms with Gasteiger partial charge in [0, 0.05) is 28.4 Å². The highest BCUT2D eigenvalue weighted by molar-refractivity contribution is 7.10. The largest absolute Gasteiger partial charge is 0.497 e. The number of rotatable bonds is 6. The fourth-order valence-electron chi connectivity index (χ4n) is 5.16. The number of nitrogens with zero attached hydrogens (tertiary/aromatic N) is 2. The van der Waals surface area contributed by atoms with Crippen molar-refractivity contribution in [2.75, 3.05) is 26.5 Å². The molecular weight excluding hydrogens is 444 g/mol. The summed E-state index contributed by atoms with van der Waals surface area (Å²) in [6, 6.07) is 14.4. The Morgan fingerprint density at radius 1 is 1.21 bits per heavy atom.